The van der Waals surface area contributed by atoms with Crippen LogP contribution in [0.5, 0.6) is 0 Å². The Morgan fingerprint density at radius 1 is 1.43 bits per heavy atom. The molecule has 0 aromatic carbocycles. The molecule has 0 bridgehead atoms. The molecule has 1 unspecified atom stereocenters. The number of carbonyl (C=O) groups is 1. The highest BCUT2D eigenvalue weighted by Crippen LogP contribution is 2.20. The van der Waals surface area contributed by atoms with Crippen LogP contribution in [-0.4, -0.2) is 40.1 Å². The van der Waals surface area contributed by atoms with Crippen LogP contribution in [0.15, 0.2) is 18.3 Å². The van der Waals surface area contributed by atoms with Crippen LogP contribution in [0, 0.1) is 11.8 Å². The van der Waals surface area contributed by atoms with E-state index in [4.69, 9.17) is 5.11 Å². The Labute approximate surface area is 126 Å². The fraction of sp³-hybridized carbons (Fsp3) is 0.529. The molecule has 1 aromatic heterocycles. The van der Waals surface area contributed by atoms with Gasteiger partial charge in [0.05, 0.1) is 0 Å². The van der Waals surface area contributed by atoms with E-state index >= 15 is 0 Å². The van der Waals surface area contributed by atoms with E-state index in [0.717, 1.165) is 25.8 Å². The van der Waals surface area contributed by atoms with Crippen LogP contribution in [0.4, 0.5) is 0 Å². The number of likely N-dealkylation sites (tertiary alicyclic amines) is 1. The summed E-state index contributed by atoms with van der Waals surface area (Å²) in [4.78, 5) is 18.8. The molecule has 112 valence electrons. The Morgan fingerprint density at radius 3 is 2.95 bits per heavy atom. The smallest absolute Gasteiger partial charge is 0.272 e. The molecule has 0 saturated carbocycles. The van der Waals surface area contributed by atoms with E-state index < -0.39 is 0 Å². The minimum Gasteiger partial charge on any atom is -0.384 e. The van der Waals surface area contributed by atoms with E-state index in [1.54, 1.807) is 18.3 Å². The molecular formula is C17H22N2O2. The molecule has 2 heterocycles. The Morgan fingerprint density at radius 2 is 2.29 bits per heavy atom. The second kappa shape index (κ2) is 7.80. The number of aromatic nitrogens is 1. The zero-order chi connectivity index (χ0) is 15.1. The highest BCUT2D eigenvalue weighted by Gasteiger charge is 2.25. The predicted molar refractivity (Wildman–Crippen MR) is 81.8 cm³/mol. The molecule has 0 radical (unpaired) electrons. The van der Waals surface area contributed by atoms with Gasteiger partial charge in [-0.1, -0.05) is 31.6 Å². The van der Waals surface area contributed by atoms with Crippen molar-refractivity contribution in [1.29, 1.82) is 0 Å². The molecule has 0 spiro atoms. The maximum absolute atomic E-state index is 12.6. The number of rotatable bonds is 2. The SMILES string of the molecule is CCC1CCCCCN1C(=O)c1ccc(C#CCO)cn1. The maximum Gasteiger partial charge on any atom is 0.272 e. The van der Waals surface area contributed by atoms with E-state index in [9.17, 15) is 4.79 Å². The van der Waals surface area contributed by atoms with Crippen molar-refractivity contribution < 1.29 is 9.90 Å². The molecule has 1 saturated heterocycles. The summed E-state index contributed by atoms with van der Waals surface area (Å²) in [6.07, 6.45) is 7.14. The van der Waals surface area contributed by atoms with E-state index in [1.165, 1.54) is 12.8 Å². The molecule has 21 heavy (non-hydrogen) atoms. The second-order valence-electron chi connectivity index (χ2n) is 5.30. The Kier molecular flexibility index (Phi) is 5.77. The van der Waals surface area contributed by atoms with Gasteiger partial charge in [-0.2, -0.15) is 0 Å². The third-order valence-corrected chi connectivity index (χ3v) is 3.90. The van der Waals surface area contributed by atoms with Crippen molar-refractivity contribution >= 4 is 5.91 Å². The lowest BCUT2D eigenvalue weighted by Crippen LogP contribution is -2.40. The van der Waals surface area contributed by atoms with Crippen molar-refractivity contribution in [3.05, 3.63) is 29.6 Å². The molecule has 1 fully saturated rings. The molecular weight excluding hydrogens is 264 g/mol. The first-order valence-corrected chi connectivity index (χ1v) is 7.63. The number of hydrogen-bond acceptors (Lipinski definition) is 3. The average molecular weight is 286 g/mol. The van der Waals surface area contributed by atoms with E-state index in [0.29, 0.717) is 17.3 Å². The van der Waals surface area contributed by atoms with Gasteiger partial charge in [-0.25, -0.2) is 4.98 Å². The van der Waals surface area contributed by atoms with Gasteiger partial charge in [0.1, 0.15) is 12.3 Å². The van der Waals surface area contributed by atoms with Gasteiger partial charge < -0.3 is 10.0 Å². The first-order chi connectivity index (χ1) is 10.3. The quantitative estimate of drug-likeness (QED) is 0.848. The lowest BCUT2D eigenvalue weighted by Gasteiger charge is -2.29. The monoisotopic (exact) mass is 286 g/mol. The minimum atomic E-state index is -0.174. The second-order valence-corrected chi connectivity index (χ2v) is 5.30. The molecule has 1 aromatic rings. The summed E-state index contributed by atoms with van der Waals surface area (Å²) >= 11 is 0. The van der Waals surface area contributed by atoms with Crippen LogP contribution in [0.1, 0.15) is 55.1 Å². The van der Waals surface area contributed by atoms with Gasteiger partial charge in [-0.05, 0) is 31.4 Å². The fourth-order valence-corrected chi connectivity index (χ4v) is 2.75. The number of amides is 1. The van der Waals surface area contributed by atoms with Gasteiger partial charge in [0, 0.05) is 24.3 Å². The van der Waals surface area contributed by atoms with Gasteiger partial charge in [0.25, 0.3) is 5.91 Å². The van der Waals surface area contributed by atoms with Crippen LogP contribution in [0.2, 0.25) is 0 Å². The number of aliphatic hydroxyl groups excluding tert-OH is 1. The standard InChI is InChI=1S/C17H22N2O2/c1-2-15-8-4-3-5-11-19(15)17(21)16-10-9-14(13-18-16)7-6-12-20/h9-10,13,15,20H,2-5,8,11-12H2,1H3. The van der Waals surface area contributed by atoms with Crippen LogP contribution in [0.25, 0.3) is 0 Å². The van der Waals surface area contributed by atoms with E-state index in [2.05, 4.69) is 23.7 Å². The van der Waals surface area contributed by atoms with Crippen LogP contribution >= 0.6 is 0 Å². The molecule has 1 N–H and O–H groups in total. The van der Waals surface area contributed by atoms with Crippen molar-refractivity contribution in [2.75, 3.05) is 13.2 Å². The molecule has 1 atom stereocenters. The summed E-state index contributed by atoms with van der Waals surface area (Å²) in [5, 5.41) is 8.67. The van der Waals surface area contributed by atoms with Crippen molar-refractivity contribution in [3.63, 3.8) is 0 Å². The molecule has 0 aliphatic carbocycles. The number of nitrogens with zero attached hydrogens (tertiary/aromatic N) is 2. The number of pyridine rings is 1. The van der Waals surface area contributed by atoms with Crippen molar-refractivity contribution in [3.8, 4) is 11.8 Å². The molecule has 1 aliphatic rings. The van der Waals surface area contributed by atoms with Crippen LogP contribution in [0.3, 0.4) is 0 Å². The molecule has 1 aliphatic heterocycles. The lowest BCUT2D eigenvalue weighted by atomic mass is 10.1. The minimum absolute atomic E-state index is 0.0189. The Bertz CT molecular complexity index is 528. The zero-order valence-electron chi connectivity index (χ0n) is 12.5. The highest BCUT2D eigenvalue weighted by molar-refractivity contribution is 5.92. The number of aliphatic hydroxyl groups is 1. The summed E-state index contributed by atoms with van der Waals surface area (Å²) < 4.78 is 0. The highest BCUT2D eigenvalue weighted by atomic mass is 16.2. The van der Waals surface area contributed by atoms with E-state index in [1.807, 2.05) is 4.90 Å². The summed E-state index contributed by atoms with van der Waals surface area (Å²) in [6, 6.07) is 3.83. The molecule has 4 nitrogen and oxygen atoms in total. The maximum atomic E-state index is 12.6. The third-order valence-electron chi connectivity index (χ3n) is 3.90. The first kappa shape index (κ1) is 15.5. The van der Waals surface area contributed by atoms with Crippen LogP contribution in [-0.2, 0) is 0 Å². The summed E-state index contributed by atoms with van der Waals surface area (Å²) in [5.74, 6) is 5.37. The zero-order valence-corrected chi connectivity index (χ0v) is 12.5. The first-order valence-electron chi connectivity index (χ1n) is 7.63. The van der Waals surface area contributed by atoms with Gasteiger partial charge in [-0.3, -0.25) is 4.79 Å². The topological polar surface area (TPSA) is 53.4 Å². The lowest BCUT2D eigenvalue weighted by molar-refractivity contribution is 0.0672. The molecule has 1 amide bonds. The molecule has 2 rings (SSSR count). The van der Waals surface area contributed by atoms with Crippen molar-refractivity contribution in [2.24, 2.45) is 0 Å². The van der Waals surface area contributed by atoms with Gasteiger partial charge in [0.2, 0.25) is 0 Å². The van der Waals surface area contributed by atoms with Crippen molar-refractivity contribution in [2.45, 2.75) is 45.1 Å². The summed E-state index contributed by atoms with van der Waals surface area (Å²) in [5.41, 5.74) is 1.19. The summed E-state index contributed by atoms with van der Waals surface area (Å²) in [6.45, 7) is 2.79. The normalized spacial score (nSPS) is 18.6. The molecule has 4 heteroatoms. The Balaban J connectivity index is 2.14. The van der Waals surface area contributed by atoms with Gasteiger partial charge in [-0.15, -0.1) is 0 Å². The van der Waals surface area contributed by atoms with E-state index in [-0.39, 0.29) is 12.5 Å². The number of carbonyl (C=O) groups excluding carboxylic acids is 1. The predicted octanol–water partition coefficient (Wildman–Crippen LogP) is 2.22. The fourth-order valence-electron chi connectivity index (χ4n) is 2.75. The van der Waals surface area contributed by atoms with Crippen molar-refractivity contribution in [1.82, 2.24) is 9.88 Å². The van der Waals surface area contributed by atoms with Gasteiger partial charge in [0.15, 0.2) is 0 Å². The third kappa shape index (κ3) is 4.05. The Hall–Kier alpha value is -1.86. The largest absolute Gasteiger partial charge is 0.384 e. The van der Waals surface area contributed by atoms with Gasteiger partial charge >= 0.3 is 0 Å². The summed E-state index contributed by atoms with van der Waals surface area (Å²) in [7, 11) is 0. The van der Waals surface area contributed by atoms with Crippen LogP contribution < -0.4 is 0 Å². The number of hydrogen-bond donors (Lipinski definition) is 1. The average Bonchev–Trinajstić information content (AvgIpc) is 2.78.